The molecule has 0 saturated carbocycles. The number of thiazole rings is 1. The van der Waals surface area contributed by atoms with E-state index in [9.17, 15) is 24.0 Å². The molecule has 4 N–H and O–H groups in total. The topological polar surface area (TPSA) is 183 Å². The molecule has 4 amide bonds. The Morgan fingerprint density at radius 1 is 0.966 bits per heavy atom. The second-order valence-corrected chi connectivity index (χ2v) is 14.5. The summed E-state index contributed by atoms with van der Waals surface area (Å²) in [4.78, 5) is 74.6. The van der Waals surface area contributed by atoms with E-state index in [1.54, 1.807) is 47.6 Å². The molecule has 5 heterocycles. The number of nitrogens with zero attached hydrogens (tertiary/aromatic N) is 5. The van der Waals surface area contributed by atoms with Crippen molar-refractivity contribution in [2.75, 3.05) is 45.2 Å². The van der Waals surface area contributed by atoms with Gasteiger partial charge in [-0.05, 0) is 56.3 Å². The quantitative estimate of drug-likeness (QED) is 0.122. The second-order valence-electron chi connectivity index (χ2n) is 13.5. The van der Waals surface area contributed by atoms with Crippen molar-refractivity contribution < 1.29 is 28.7 Å². The molecule has 2 aliphatic rings. The predicted molar refractivity (Wildman–Crippen MR) is 226 cm³/mol. The number of aromatic nitrogens is 4. The Kier molecular flexibility index (Phi) is 18.1. The summed E-state index contributed by atoms with van der Waals surface area (Å²) in [5, 5.41) is 8.53. The lowest BCUT2D eigenvalue weighted by atomic mass is 10.1. The van der Waals surface area contributed by atoms with Crippen LogP contribution >= 0.6 is 11.3 Å². The standard InChI is InChI=1S/C28H27N7O2S.C8H14N2O2.C3H6O2.C3H8/c1-29-25(20-6-3-2-4-7-20)27(37)35-13-5-8-22(35)26(36)32-24-16-34-15-23(38-28(34)33-24)19-11-9-18(10-12-19)21-14-30-17-31-21;1-7(11)9-6-8(12)10-4-2-3-5-10;1-2-5-3-4;1-3-2/h2-4,6-7,9-12,14-17,22,25,29H,5,8,13H2,1H3,(H,30,31)(H,32,36);2-6H2,1H3,(H,9,11);3H,2H2,1H3;3H2,1-2H3/t22-,25?;;;/m0.../s1. The number of benzene rings is 2. The highest BCUT2D eigenvalue weighted by Gasteiger charge is 2.37. The SMILES string of the molecule is CC(=O)NCC(=O)N1CCCC1.CCC.CCOC=O.CNC(C(=O)N1CCC[C@H]1C(=O)Nc1cn2cc(-c3ccc(-c4cnc[nH]4)cc3)sc2n1)c1ccccc1. The molecule has 15 nitrogen and oxygen atoms in total. The van der Waals surface area contributed by atoms with Crippen LogP contribution < -0.4 is 16.0 Å². The van der Waals surface area contributed by atoms with Gasteiger partial charge < -0.3 is 35.5 Å². The summed E-state index contributed by atoms with van der Waals surface area (Å²) in [6, 6.07) is 16.8. The Balaban J connectivity index is 0.000000308. The third-order valence-electron chi connectivity index (χ3n) is 9.07. The zero-order valence-corrected chi connectivity index (χ0v) is 34.7. The molecule has 7 rings (SSSR count). The maximum absolute atomic E-state index is 13.4. The molecule has 0 aliphatic carbocycles. The fourth-order valence-corrected chi connectivity index (χ4v) is 7.29. The highest BCUT2D eigenvalue weighted by molar-refractivity contribution is 7.20. The first-order chi connectivity index (χ1) is 28.1. The van der Waals surface area contributed by atoms with Crippen molar-refractivity contribution in [3.63, 3.8) is 0 Å². The highest BCUT2D eigenvalue weighted by Crippen LogP contribution is 2.31. The van der Waals surface area contributed by atoms with E-state index in [1.165, 1.54) is 13.3 Å². The molecular formula is C42H55N9O6S. The van der Waals surface area contributed by atoms with E-state index >= 15 is 0 Å². The molecule has 2 fully saturated rings. The molecule has 0 radical (unpaired) electrons. The number of carbonyl (C=O) groups excluding carboxylic acids is 5. The highest BCUT2D eigenvalue weighted by atomic mass is 32.1. The van der Waals surface area contributed by atoms with Crippen molar-refractivity contribution in [1.82, 2.24) is 39.8 Å². The Hall–Kier alpha value is -5.87. The first-order valence-electron chi connectivity index (χ1n) is 19.6. The van der Waals surface area contributed by atoms with E-state index in [4.69, 9.17) is 0 Å². The summed E-state index contributed by atoms with van der Waals surface area (Å²) >= 11 is 1.55. The van der Waals surface area contributed by atoms with Gasteiger partial charge in [0.05, 0.1) is 42.4 Å². The van der Waals surface area contributed by atoms with Gasteiger partial charge in [-0.1, -0.05) is 86.2 Å². The Labute approximate surface area is 343 Å². The maximum Gasteiger partial charge on any atom is 0.293 e. The van der Waals surface area contributed by atoms with Gasteiger partial charge in [0.15, 0.2) is 10.8 Å². The molecule has 2 aromatic carbocycles. The van der Waals surface area contributed by atoms with Crippen LogP contribution in [0.3, 0.4) is 0 Å². The van der Waals surface area contributed by atoms with Gasteiger partial charge in [-0.3, -0.25) is 28.4 Å². The fraction of sp³-hybridized carbons (Fsp3) is 0.405. The number of rotatable bonds is 11. The number of hydrogen-bond donors (Lipinski definition) is 4. The minimum Gasteiger partial charge on any atom is -0.468 e. The Morgan fingerprint density at radius 3 is 2.22 bits per heavy atom. The van der Waals surface area contributed by atoms with Crippen LogP contribution in [0.2, 0.25) is 0 Å². The lowest BCUT2D eigenvalue weighted by molar-refractivity contribution is -0.138. The molecular weight excluding hydrogens is 759 g/mol. The van der Waals surface area contributed by atoms with Crippen molar-refractivity contribution in [2.24, 2.45) is 0 Å². The van der Waals surface area contributed by atoms with Gasteiger partial charge in [-0.15, -0.1) is 0 Å². The third-order valence-corrected chi connectivity index (χ3v) is 10.1. The van der Waals surface area contributed by atoms with Gasteiger partial charge in [0, 0.05) is 32.8 Å². The molecule has 2 aliphatic heterocycles. The van der Waals surface area contributed by atoms with Gasteiger partial charge in [0.2, 0.25) is 23.6 Å². The van der Waals surface area contributed by atoms with E-state index in [1.807, 2.05) is 47.1 Å². The zero-order valence-electron chi connectivity index (χ0n) is 33.9. The molecule has 58 heavy (non-hydrogen) atoms. The van der Waals surface area contributed by atoms with Crippen LogP contribution in [0, 0.1) is 0 Å². The second kappa shape index (κ2) is 23.4. The number of carbonyl (C=O) groups is 5. The van der Waals surface area contributed by atoms with Crippen LogP contribution in [-0.2, 0) is 28.7 Å². The molecule has 0 spiro atoms. The average molecular weight is 814 g/mol. The largest absolute Gasteiger partial charge is 0.468 e. The fourth-order valence-electron chi connectivity index (χ4n) is 6.32. The van der Waals surface area contributed by atoms with E-state index < -0.39 is 12.1 Å². The summed E-state index contributed by atoms with van der Waals surface area (Å²) in [7, 11) is 1.76. The molecule has 2 atom stereocenters. The molecule has 3 aromatic heterocycles. The number of anilines is 1. The third kappa shape index (κ3) is 12.8. The minimum absolute atomic E-state index is 0.0303. The number of likely N-dealkylation sites (tertiary alicyclic amines) is 2. The number of imidazole rings is 2. The van der Waals surface area contributed by atoms with E-state index in [-0.39, 0.29) is 30.2 Å². The number of H-pyrrole nitrogens is 1. The molecule has 1 unspecified atom stereocenters. The maximum atomic E-state index is 13.4. The summed E-state index contributed by atoms with van der Waals surface area (Å²) in [6.07, 6.45) is 12.1. The summed E-state index contributed by atoms with van der Waals surface area (Å²) < 4.78 is 6.07. The lowest BCUT2D eigenvalue weighted by Gasteiger charge is -2.28. The molecule has 0 bridgehead atoms. The summed E-state index contributed by atoms with van der Waals surface area (Å²) in [5.74, 6) is 0.0599. The first kappa shape index (κ1) is 44.8. The number of fused-ring (bicyclic) bond motifs is 1. The summed E-state index contributed by atoms with van der Waals surface area (Å²) in [6.45, 7) is 10.7. The van der Waals surface area contributed by atoms with Crippen LogP contribution in [0.25, 0.3) is 26.7 Å². The van der Waals surface area contributed by atoms with Gasteiger partial charge in [0.25, 0.3) is 6.47 Å². The smallest absolute Gasteiger partial charge is 0.293 e. The van der Waals surface area contributed by atoms with Crippen LogP contribution in [0.5, 0.6) is 0 Å². The zero-order chi connectivity index (χ0) is 41.9. The van der Waals surface area contributed by atoms with E-state index in [2.05, 4.69) is 73.8 Å². The van der Waals surface area contributed by atoms with Gasteiger partial charge in [-0.25, -0.2) is 9.97 Å². The molecule has 5 aromatic rings. The van der Waals surface area contributed by atoms with Crippen molar-refractivity contribution in [1.29, 1.82) is 0 Å². The number of aromatic amines is 1. The van der Waals surface area contributed by atoms with Crippen molar-refractivity contribution in [3.8, 4) is 21.7 Å². The van der Waals surface area contributed by atoms with Crippen molar-refractivity contribution in [2.45, 2.75) is 71.9 Å². The monoisotopic (exact) mass is 813 g/mol. The molecule has 310 valence electrons. The Bertz CT molecular complexity index is 2000. The van der Waals surface area contributed by atoms with Crippen LogP contribution in [0.4, 0.5) is 5.82 Å². The number of amides is 4. The number of hydrogen-bond acceptors (Lipinski definition) is 10. The molecule has 2 saturated heterocycles. The van der Waals surface area contributed by atoms with Gasteiger partial charge in [-0.2, -0.15) is 0 Å². The van der Waals surface area contributed by atoms with Gasteiger partial charge in [0.1, 0.15) is 12.1 Å². The summed E-state index contributed by atoms with van der Waals surface area (Å²) in [5.41, 5.74) is 4.02. The lowest BCUT2D eigenvalue weighted by Crippen LogP contribution is -2.47. The molecule has 16 heteroatoms. The van der Waals surface area contributed by atoms with E-state index in [0.717, 1.165) is 64.6 Å². The normalized spacial score (nSPS) is 14.8. The number of nitrogens with one attached hydrogen (secondary N) is 4. The number of likely N-dealkylation sites (N-methyl/N-ethyl adjacent to an activating group) is 1. The van der Waals surface area contributed by atoms with Gasteiger partial charge >= 0.3 is 0 Å². The Morgan fingerprint density at radius 2 is 1.66 bits per heavy atom. The predicted octanol–water partition coefficient (Wildman–Crippen LogP) is 5.68. The minimum atomic E-state index is -0.522. The van der Waals surface area contributed by atoms with Crippen molar-refractivity contribution in [3.05, 3.63) is 85.1 Å². The number of ether oxygens (including phenoxy) is 1. The first-order valence-corrected chi connectivity index (χ1v) is 20.4. The average Bonchev–Trinajstić information content (AvgIpc) is 4.08. The van der Waals surface area contributed by atoms with E-state index in [0.29, 0.717) is 31.9 Å². The van der Waals surface area contributed by atoms with Crippen LogP contribution in [0.15, 0.2) is 79.5 Å². The van der Waals surface area contributed by atoms with Crippen LogP contribution in [0.1, 0.15) is 71.4 Å². The van der Waals surface area contributed by atoms with Crippen molar-refractivity contribution >= 4 is 52.2 Å². The van der Waals surface area contributed by atoms with Crippen LogP contribution in [-0.4, -0.2) is 105 Å².